The lowest BCUT2D eigenvalue weighted by atomic mass is 10.1. The molecule has 0 bridgehead atoms. The molecule has 5 nitrogen and oxygen atoms in total. The summed E-state index contributed by atoms with van der Waals surface area (Å²) in [5.74, 6) is -0.202. The number of likely N-dealkylation sites (tertiary alicyclic amines) is 1. The zero-order valence-electron chi connectivity index (χ0n) is 14.8. The molecule has 0 N–H and O–H groups in total. The Bertz CT molecular complexity index is 967. The quantitative estimate of drug-likeness (QED) is 0.643. The lowest BCUT2D eigenvalue weighted by Gasteiger charge is -2.32. The molecule has 0 spiro atoms. The third-order valence-electron chi connectivity index (χ3n) is 4.70. The summed E-state index contributed by atoms with van der Waals surface area (Å²) in [5.41, 5.74) is 0.392. The van der Waals surface area contributed by atoms with E-state index in [9.17, 15) is 18.0 Å². The largest absolute Gasteiger partial charge is 0.435 e. The van der Waals surface area contributed by atoms with Gasteiger partial charge in [0.1, 0.15) is 10.7 Å². The number of rotatable bonds is 3. The van der Waals surface area contributed by atoms with Crippen molar-refractivity contribution in [3.05, 3.63) is 59.4 Å². The van der Waals surface area contributed by atoms with E-state index in [-0.39, 0.29) is 11.9 Å². The van der Waals surface area contributed by atoms with E-state index in [1.807, 2.05) is 30.3 Å². The van der Waals surface area contributed by atoms with Gasteiger partial charge in [-0.15, -0.1) is 11.3 Å². The lowest BCUT2D eigenvalue weighted by molar-refractivity contribution is -0.141. The zero-order chi connectivity index (χ0) is 19.7. The van der Waals surface area contributed by atoms with Gasteiger partial charge in [-0.2, -0.15) is 18.3 Å². The number of carbonyl (C=O) groups is 1. The molecule has 4 rings (SSSR count). The number of alkyl halides is 3. The molecule has 1 aliphatic rings. The van der Waals surface area contributed by atoms with Gasteiger partial charge in [0.2, 0.25) is 0 Å². The van der Waals surface area contributed by atoms with Gasteiger partial charge in [0, 0.05) is 30.2 Å². The average Bonchev–Trinajstić information content (AvgIpc) is 3.38. The minimum absolute atomic E-state index is 0.202. The first-order chi connectivity index (χ1) is 13.4. The van der Waals surface area contributed by atoms with E-state index >= 15 is 0 Å². The number of halogens is 3. The van der Waals surface area contributed by atoms with E-state index in [1.165, 1.54) is 22.2 Å². The highest BCUT2D eigenvalue weighted by atomic mass is 32.1. The van der Waals surface area contributed by atoms with Gasteiger partial charge in [-0.3, -0.25) is 9.48 Å². The molecule has 0 aliphatic carbocycles. The van der Waals surface area contributed by atoms with Gasteiger partial charge in [-0.05, 0) is 18.9 Å². The fourth-order valence-corrected chi connectivity index (χ4v) is 4.09. The molecule has 1 saturated heterocycles. The van der Waals surface area contributed by atoms with Crippen LogP contribution in [-0.4, -0.2) is 38.7 Å². The number of nitrogens with zero attached hydrogens (tertiary/aromatic N) is 4. The molecule has 9 heteroatoms. The predicted octanol–water partition coefficient (Wildman–Crippen LogP) is 4.50. The highest BCUT2D eigenvalue weighted by Gasteiger charge is 2.35. The van der Waals surface area contributed by atoms with Crippen molar-refractivity contribution < 1.29 is 18.0 Å². The molecule has 1 atom stereocenters. The highest BCUT2D eigenvalue weighted by molar-refractivity contribution is 7.13. The third-order valence-corrected chi connectivity index (χ3v) is 5.59. The molecule has 146 valence electrons. The molecule has 0 radical (unpaired) electrons. The number of carbonyl (C=O) groups excluding carboxylic acids is 1. The van der Waals surface area contributed by atoms with Crippen LogP contribution in [0.25, 0.3) is 10.6 Å². The van der Waals surface area contributed by atoms with E-state index in [0.29, 0.717) is 31.6 Å². The first-order valence-electron chi connectivity index (χ1n) is 8.84. The minimum atomic E-state index is -4.47. The summed E-state index contributed by atoms with van der Waals surface area (Å²) < 4.78 is 39.7. The van der Waals surface area contributed by atoms with E-state index in [4.69, 9.17) is 0 Å². The van der Waals surface area contributed by atoms with Gasteiger partial charge >= 0.3 is 6.18 Å². The number of hydrogen-bond acceptors (Lipinski definition) is 4. The Morgan fingerprint density at radius 1 is 1.18 bits per heavy atom. The van der Waals surface area contributed by atoms with Crippen LogP contribution >= 0.6 is 11.3 Å². The van der Waals surface area contributed by atoms with Crippen molar-refractivity contribution in [1.82, 2.24) is 19.7 Å². The van der Waals surface area contributed by atoms with Crippen LogP contribution in [0.4, 0.5) is 13.2 Å². The molecular weight excluding hydrogens is 389 g/mol. The molecule has 3 heterocycles. The van der Waals surface area contributed by atoms with Gasteiger partial charge in [0.25, 0.3) is 5.91 Å². The van der Waals surface area contributed by atoms with Crippen LogP contribution in [0, 0.1) is 0 Å². The summed E-state index contributed by atoms with van der Waals surface area (Å²) in [4.78, 5) is 18.9. The Balaban J connectivity index is 1.48. The minimum Gasteiger partial charge on any atom is -0.335 e. The highest BCUT2D eigenvalue weighted by Crippen LogP contribution is 2.30. The molecule has 1 unspecified atom stereocenters. The Morgan fingerprint density at radius 3 is 2.68 bits per heavy atom. The summed E-state index contributed by atoms with van der Waals surface area (Å²) in [6, 6.07) is 10.3. The van der Waals surface area contributed by atoms with Crippen molar-refractivity contribution in [3.8, 4) is 10.6 Å². The summed E-state index contributed by atoms with van der Waals surface area (Å²) in [5, 5.41) is 6.15. The van der Waals surface area contributed by atoms with Crippen molar-refractivity contribution in [2.45, 2.75) is 25.1 Å². The van der Waals surface area contributed by atoms with Gasteiger partial charge in [-0.1, -0.05) is 30.3 Å². The van der Waals surface area contributed by atoms with Gasteiger partial charge in [0.15, 0.2) is 5.69 Å². The molecule has 1 amide bonds. The van der Waals surface area contributed by atoms with Gasteiger partial charge in [-0.25, -0.2) is 4.98 Å². The number of hydrogen-bond donors (Lipinski definition) is 0. The van der Waals surface area contributed by atoms with Crippen molar-refractivity contribution in [3.63, 3.8) is 0 Å². The number of benzene rings is 1. The van der Waals surface area contributed by atoms with E-state index < -0.39 is 11.9 Å². The molecule has 1 aromatic carbocycles. The Labute approximate surface area is 163 Å². The topological polar surface area (TPSA) is 51.0 Å². The standard InChI is InChI=1S/C19H17F3N4OS/c20-19(21,22)16-8-10-26(24-16)14-7-4-9-25(11-14)18(27)15-12-28-17(23-15)13-5-2-1-3-6-13/h1-3,5-6,8,10,12,14H,4,7,9,11H2. The second-order valence-corrected chi connectivity index (χ2v) is 7.49. The molecule has 0 saturated carbocycles. The van der Waals surface area contributed by atoms with Crippen molar-refractivity contribution >= 4 is 17.2 Å². The van der Waals surface area contributed by atoms with E-state index in [0.717, 1.165) is 16.6 Å². The Morgan fingerprint density at radius 2 is 1.96 bits per heavy atom. The fourth-order valence-electron chi connectivity index (χ4n) is 3.29. The zero-order valence-corrected chi connectivity index (χ0v) is 15.6. The maximum atomic E-state index is 12.8. The van der Waals surface area contributed by atoms with E-state index in [1.54, 1.807) is 10.3 Å². The normalized spacial score (nSPS) is 17.7. The molecule has 1 fully saturated rings. The molecule has 1 aliphatic heterocycles. The van der Waals surface area contributed by atoms with Crippen LogP contribution < -0.4 is 0 Å². The van der Waals surface area contributed by atoms with Crippen LogP contribution in [0.1, 0.15) is 35.1 Å². The summed E-state index contributed by atoms with van der Waals surface area (Å²) in [6.07, 6.45) is -1.76. The second-order valence-electron chi connectivity index (χ2n) is 6.63. The van der Waals surface area contributed by atoms with Crippen LogP contribution in [0.5, 0.6) is 0 Å². The molecule has 2 aromatic heterocycles. The number of thiazole rings is 1. The van der Waals surface area contributed by atoms with Gasteiger partial charge < -0.3 is 4.90 Å². The predicted molar refractivity (Wildman–Crippen MR) is 99.0 cm³/mol. The van der Waals surface area contributed by atoms with Crippen LogP contribution in [-0.2, 0) is 6.18 Å². The molecule has 28 heavy (non-hydrogen) atoms. The lowest BCUT2D eigenvalue weighted by Crippen LogP contribution is -2.41. The molecular formula is C19H17F3N4OS. The van der Waals surface area contributed by atoms with Crippen molar-refractivity contribution in [1.29, 1.82) is 0 Å². The smallest absolute Gasteiger partial charge is 0.335 e. The number of piperidine rings is 1. The molecule has 3 aromatic rings. The average molecular weight is 406 g/mol. The van der Waals surface area contributed by atoms with E-state index in [2.05, 4.69) is 10.1 Å². The van der Waals surface area contributed by atoms with Crippen molar-refractivity contribution in [2.24, 2.45) is 0 Å². The Kier molecular flexibility index (Phi) is 4.92. The summed E-state index contributed by atoms with van der Waals surface area (Å²) in [6.45, 7) is 0.872. The summed E-state index contributed by atoms with van der Waals surface area (Å²) in [7, 11) is 0. The summed E-state index contributed by atoms with van der Waals surface area (Å²) >= 11 is 1.40. The van der Waals surface area contributed by atoms with Crippen LogP contribution in [0.2, 0.25) is 0 Å². The van der Waals surface area contributed by atoms with Crippen molar-refractivity contribution in [2.75, 3.05) is 13.1 Å². The first kappa shape index (κ1) is 18.7. The van der Waals surface area contributed by atoms with Gasteiger partial charge in [0.05, 0.1) is 6.04 Å². The maximum absolute atomic E-state index is 12.8. The van der Waals surface area contributed by atoms with Crippen LogP contribution in [0.3, 0.4) is 0 Å². The monoisotopic (exact) mass is 406 g/mol. The SMILES string of the molecule is O=C(c1csc(-c2ccccc2)n1)N1CCCC(n2ccc(C(F)(F)F)n2)C1. The fraction of sp³-hybridized carbons (Fsp3) is 0.316. The number of aromatic nitrogens is 3. The van der Waals surface area contributed by atoms with Crippen LogP contribution in [0.15, 0.2) is 48.0 Å². The second kappa shape index (κ2) is 7.38. The maximum Gasteiger partial charge on any atom is 0.435 e. The third kappa shape index (κ3) is 3.80. The first-order valence-corrected chi connectivity index (χ1v) is 9.72. The number of amides is 1. The Hall–Kier alpha value is -2.68.